The summed E-state index contributed by atoms with van der Waals surface area (Å²) >= 11 is 0. The van der Waals surface area contributed by atoms with Gasteiger partial charge in [-0.25, -0.2) is 0 Å². The number of fused-ring (bicyclic) bond motifs is 1. The van der Waals surface area contributed by atoms with Crippen LogP contribution in [-0.2, 0) is 14.3 Å². The Morgan fingerprint density at radius 2 is 2.04 bits per heavy atom. The largest absolute Gasteiger partial charge is 0.481 e. The molecule has 0 bridgehead atoms. The highest BCUT2D eigenvalue weighted by molar-refractivity contribution is 6.01. The van der Waals surface area contributed by atoms with E-state index in [1.807, 2.05) is 18.2 Å². The summed E-state index contributed by atoms with van der Waals surface area (Å²) in [5.41, 5.74) is 0.267. The first kappa shape index (κ1) is 17.9. The molecule has 1 amide bonds. The second kappa shape index (κ2) is 6.56. The third kappa shape index (κ3) is 3.51. The van der Waals surface area contributed by atoms with Crippen molar-refractivity contribution in [1.82, 2.24) is 4.90 Å². The minimum atomic E-state index is -0.712. The van der Waals surface area contributed by atoms with Crippen LogP contribution in [0, 0.1) is 0 Å². The van der Waals surface area contributed by atoms with Crippen LogP contribution in [0.5, 0.6) is 11.5 Å². The Bertz CT molecular complexity index is 815. The topological polar surface area (TPSA) is 85.3 Å². The highest BCUT2D eigenvalue weighted by atomic mass is 16.7. The Balaban J connectivity index is 1.46. The molecule has 0 aromatic heterocycles. The first-order valence-electron chi connectivity index (χ1n) is 9.13. The molecule has 2 atom stereocenters. The molecule has 7 nitrogen and oxygen atoms in total. The first-order valence-corrected chi connectivity index (χ1v) is 9.13. The molecule has 0 spiro atoms. The molecule has 0 aliphatic carbocycles. The summed E-state index contributed by atoms with van der Waals surface area (Å²) in [6.45, 7) is 4.44. The number of carbonyl (C=O) groups is 2. The van der Waals surface area contributed by atoms with Gasteiger partial charge in [-0.2, -0.15) is 0 Å². The highest BCUT2D eigenvalue weighted by Crippen LogP contribution is 2.38. The molecule has 3 heterocycles. The van der Waals surface area contributed by atoms with Crippen molar-refractivity contribution < 1.29 is 28.9 Å². The second-order valence-electron chi connectivity index (χ2n) is 7.84. The summed E-state index contributed by atoms with van der Waals surface area (Å²) in [6, 6.07) is 5.66. The van der Waals surface area contributed by atoms with E-state index in [4.69, 9.17) is 14.2 Å². The third-order valence-electron chi connectivity index (χ3n) is 5.18. The Labute approximate surface area is 157 Å². The van der Waals surface area contributed by atoms with Gasteiger partial charge in [-0.3, -0.25) is 9.59 Å². The van der Waals surface area contributed by atoms with E-state index in [0.29, 0.717) is 24.5 Å². The maximum atomic E-state index is 12.8. The van der Waals surface area contributed by atoms with E-state index in [2.05, 4.69) is 0 Å². The SMILES string of the molecule is CC1(C)CC(=O)C=C(C(=O)N2CC[C@@H](c3ccc4c(c3)OCO4)[C@H](O)C2)O1. The molecule has 3 aliphatic rings. The van der Waals surface area contributed by atoms with Crippen LogP contribution < -0.4 is 9.47 Å². The van der Waals surface area contributed by atoms with Crippen molar-refractivity contribution >= 4 is 11.7 Å². The molecule has 1 aromatic rings. The molecular weight excluding hydrogens is 350 g/mol. The number of amides is 1. The normalized spacial score (nSPS) is 26.4. The van der Waals surface area contributed by atoms with Crippen molar-refractivity contribution in [1.29, 1.82) is 0 Å². The van der Waals surface area contributed by atoms with E-state index in [9.17, 15) is 14.7 Å². The smallest absolute Gasteiger partial charge is 0.289 e. The number of carbonyl (C=O) groups excluding carboxylic acids is 2. The molecule has 0 saturated carbocycles. The third-order valence-corrected chi connectivity index (χ3v) is 5.18. The predicted molar refractivity (Wildman–Crippen MR) is 95.4 cm³/mol. The number of likely N-dealkylation sites (tertiary alicyclic amines) is 1. The van der Waals surface area contributed by atoms with E-state index in [1.165, 1.54) is 6.08 Å². The molecule has 1 N–H and O–H groups in total. The van der Waals surface area contributed by atoms with E-state index in [1.54, 1.807) is 18.7 Å². The predicted octanol–water partition coefficient (Wildman–Crippen LogP) is 1.74. The van der Waals surface area contributed by atoms with Gasteiger partial charge in [0.1, 0.15) is 5.60 Å². The van der Waals surface area contributed by atoms with Crippen molar-refractivity contribution in [2.24, 2.45) is 0 Å². The number of rotatable bonds is 2. The van der Waals surface area contributed by atoms with Crippen molar-refractivity contribution in [2.45, 2.75) is 44.3 Å². The molecular formula is C20H23NO6. The Kier molecular flexibility index (Phi) is 4.34. The minimum Gasteiger partial charge on any atom is -0.481 e. The molecule has 3 aliphatic heterocycles. The number of β-amino-alcohol motifs (C(OH)–C–C–N with tert-alkyl or cyclic N) is 1. The summed E-state index contributed by atoms with van der Waals surface area (Å²) < 4.78 is 16.4. The van der Waals surface area contributed by atoms with Gasteiger partial charge in [-0.1, -0.05) is 6.07 Å². The fourth-order valence-corrected chi connectivity index (χ4v) is 3.89. The number of benzene rings is 1. The lowest BCUT2D eigenvalue weighted by molar-refractivity contribution is -0.140. The highest BCUT2D eigenvalue weighted by Gasteiger charge is 2.37. The molecule has 1 saturated heterocycles. The quantitative estimate of drug-likeness (QED) is 0.850. The summed E-state index contributed by atoms with van der Waals surface area (Å²) in [5.74, 6) is 0.881. The Hall–Kier alpha value is -2.54. The monoisotopic (exact) mass is 373 g/mol. The Morgan fingerprint density at radius 1 is 1.26 bits per heavy atom. The number of allylic oxidation sites excluding steroid dienone is 1. The van der Waals surface area contributed by atoms with Gasteiger partial charge in [0.15, 0.2) is 23.0 Å². The number of ketones is 1. The molecule has 1 aromatic carbocycles. The molecule has 7 heteroatoms. The van der Waals surface area contributed by atoms with Crippen LogP contribution in [-0.4, -0.2) is 53.3 Å². The van der Waals surface area contributed by atoms with Gasteiger partial charge < -0.3 is 24.2 Å². The lowest BCUT2D eigenvalue weighted by Crippen LogP contribution is -2.47. The van der Waals surface area contributed by atoms with Crippen LogP contribution in [0.3, 0.4) is 0 Å². The number of aliphatic hydroxyl groups is 1. The molecule has 0 radical (unpaired) electrons. The number of hydrogen-bond donors (Lipinski definition) is 1. The molecule has 0 unspecified atom stereocenters. The van der Waals surface area contributed by atoms with Crippen LogP contribution >= 0.6 is 0 Å². The number of hydrogen-bond acceptors (Lipinski definition) is 6. The van der Waals surface area contributed by atoms with E-state index in [-0.39, 0.29) is 43.1 Å². The summed E-state index contributed by atoms with van der Waals surface area (Å²) in [4.78, 5) is 26.2. The lowest BCUT2D eigenvalue weighted by Gasteiger charge is -2.38. The van der Waals surface area contributed by atoms with E-state index in [0.717, 1.165) is 5.56 Å². The Morgan fingerprint density at radius 3 is 2.78 bits per heavy atom. The van der Waals surface area contributed by atoms with Gasteiger partial charge in [-0.15, -0.1) is 0 Å². The van der Waals surface area contributed by atoms with Crippen molar-refractivity contribution in [2.75, 3.05) is 19.9 Å². The van der Waals surface area contributed by atoms with Crippen LogP contribution in [0.15, 0.2) is 30.0 Å². The summed E-state index contributed by atoms with van der Waals surface area (Å²) in [5, 5.41) is 10.7. The van der Waals surface area contributed by atoms with Crippen molar-refractivity contribution in [3.63, 3.8) is 0 Å². The molecule has 27 heavy (non-hydrogen) atoms. The summed E-state index contributed by atoms with van der Waals surface area (Å²) in [7, 11) is 0. The number of nitrogens with zero attached hydrogens (tertiary/aromatic N) is 1. The van der Waals surface area contributed by atoms with Gasteiger partial charge in [0, 0.05) is 31.5 Å². The fraction of sp³-hybridized carbons (Fsp3) is 0.500. The summed E-state index contributed by atoms with van der Waals surface area (Å²) in [6.07, 6.45) is 1.41. The lowest BCUT2D eigenvalue weighted by atomic mass is 9.86. The fourth-order valence-electron chi connectivity index (χ4n) is 3.89. The maximum absolute atomic E-state index is 12.8. The van der Waals surface area contributed by atoms with Gasteiger partial charge in [0.05, 0.1) is 6.10 Å². The van der Waals surface area contributed by atoms with E-state index < -0.39 is 11.7 Å². The average molecular weight is 373 g/mol. The number of aliphatic hydroxyl groups excluding tert-OH is 1. The number of piperidine rings is 1. The van der Waals surface area contributed by atoms with Crippen LogP contribution in [0.2, 0.25) is 0 Å². The van der Waals surface area contributed by atoms with Crippen molar-refractivity contribution in [3.05, 3.63) is 35.6 Å². The van der Waals surface area contributed by atoms with Crippen LogP contribution in [0.25, 0.3) is 0 Å². The molecule has 144 valence electrons. The zero-order chi connectivity index (χ0) is 19.2. The van der Waals surface area contributed by atoms with Crippen LogP contribution in [0.1, 0.15) is 38.2 Å². The van der Waals surface area contributed by atoms with Crippen molar-refractivity contribution in [3.8, 4) is 11.5 Å². The van der Waals surface area contributed by atoms with Crippen LogP contribution in [0.4, 0.5) is 0 Å². The van der Waals surface area contributed by atoms with Gasteiger partial charge in [0.25, 0.3) is 5.91 Å². The maximum Gasteiger partial charge on any atom is 0.289 e. The minimum absolute atomic E-state index is 0.0602. The van der Waals surface area contributed by atoms with E-state index >= 15 is 0 Å². The zero-order valence-corrected chi connectivity index (χ0v) is 15.4. The number of ether oxygens (including phenoxy) is 3. The second-order valence-corrected chi connectivity index (χ2v) is 7.84. The zero-order valence-electron chi connectivity index (χ0n) is 15.4. The standard InChI is InChI=1S/C20H23NO6/c1-20(2)9-13(22)8-18(27-20)19(24)21-6-5-14(15(23)10-21)12-3-4-16-17(7-12)26-11-25-16/h3-4,7-8,14-15,23H,5-6,9-11H2,1-2H3/t14-,15+/m0/s1. The average Bonchev–Trinajstić information content (AvgIpc) is 3.07. The van der Waals surface area contributed by atoms with Gasteiger partial charge in [0.2, 0.25) is 6.79 Å². The molecule has 4 rings (SSSR count). The first-order chi connectivity index (χ1) is 12.8. The molecule has 1 fully saturated rings. The van der Waals surface area contributed by atoms with Gasteiger partial charge >= 0.3 is 0 Å². The van der Waals surface area contributed by atoms with Gasteiger partial charge in [-0.05, 0) is 38.0 Å².